The van der Waals surface area contributed by atoms with Gasteiger partial charge in [0.15, 0.2) is 0 Å². The van der Waals surface area contributed by atoms with E-state index in [0.29, 0.717) is 12.8 Å². The van der Waals surface area contributed by atoms with Gasteiger partial charge in [-0.05, 0) is 18.8 Å². The molecule has 14 heavy (non-hydrogen) atoms. The molecule has 0 saturated heterocycles. The summed E-state index contributed by atoms with van der Waals surface area (Å²) in [6, 6.07) is 0. The molecule has 1 aliphatic rings. The van der Waals surface area contributed by atoms with E-state index in [-0.39, 0.29) is 11.9 Å². The maximum absolute atomic E-state index is 11.7. The Morgan fingerprint density at radius 3 is 2.93 bits per heavy atom. The number of esters is 1. The van der Waals surface area contributed by atoms with Crippen LogP contribution in [-0.4, -0.2) is 13.1 Å². The summed E-state index contributed by atoms with van der Waals surface area (Å²) >= 11 is 0. The standard InChI is InChI=1S/C12H16O2/c1-4-8-12(11(13)14-3)9-6-5-7-10(12)2/h1,5-6,10H,7-9H2,2-3H3/t10-,12+/m1/s1. The molecule has 0 fully saturated rings. The van der Waals surface area contributed by atoms with Crippen molar-refractivity contribution in [2.75, 3.05) is 7.11 Å². The summed E-state index contributed by atoms with van der Waals surface area (Å²) in [7, 11) is 1.42. The van der Waals surface area contributed by atoms with Crippen molar-refractivity contribution in [2.45, 2.75) is 26.2 Å². The first-order valence-corrected chi connectivity index (χ1v) is 4.84. The SMILES string of the molecule is C#CC[C@]1(C(=O)OC)CC=CC[C@H]1C. The number of rotatable bonds is 2. The molecule has 76 valence electrons. The Morgan fingerprint density at radius 2 is 2.43 bits per heavy atom. The van der Waals surface area contributed by atoms with Gasteiger partial charge in [0.2, 0.25) is 0 Å². The van der Waals surface area contributed by atoms with Gasteiger partial charge in [0.1, 0.15) is 0 Å². The molecule has 0 aromatic carbocycles. The smallest absolute Gasteiger partial charge is 0.313 e. The van der Waals surface area contributed by atoms with Crippen LogP contribution in [0, 0.1) is 23.7 Å². The number of carbonyl (C=O) groups excluding carboxylic acids is 1. The van der Waals surface area contributed by atoms with Crippen LogP contribution < -0.4 is 0 Å². The van der Waals surface area contributed by atoms with Gasteiger partial charge in [0, 0.05) is 6.42 Å². The van der Waals surface area contributed by atoms with E-state index in [0.717, 1.165) is 6.42 Å². The first kappa shape index (κ1) is 10.8. The largest absolute Gasteiger partial charge is 0.469 e. The molecular formula is C12H16O2. The number of methoxy groups -OCH3 is 1. The van der Waals surface area contributed by atoms with Gasteiger partial charge < -0.3 is 4.74 Å². The highest BCUT2D eigenvalue weighted by Crippen LogP contribution is 2.41. The molecule has 0 spiro atoms. The molecule has 0 bridgehead atoms. The van der Waals surface area contributed by atoms with Crippen molar-refractivity contribution in [3.63, 3.8) is 0 Å². The van der Waals surface area contributed by atoms with Crippen molar-refractivity contribution < 1.29 is 9.53 Å². The third kappa shape index (κ3) is 1.68. The van der Waals surface area contributed by atoms with Crippen molar-refractivity contribution in [2.24, 2.45) is 11.3 Å². The van der Waals surface area contributed by atoms with E-state index in [1.54, 1.807) is 0 Å². The van der Waals surface area contributed by atoms with Gasteiger partial charge in [0.25, 0.3) is 0 Å². The topological polar surface area (TPSA) is 26.3 Å². The van der Waals surface area contributed by atoms with Gasteiger partial charge in [0.05, 0.1) is 12.5 Å². The zero-order valence-corrected chi connectivity index (χ0v) is 8.75. The molecule has 0 aromatic heterocycles. The zero-order chi connectivity index (χ0) is 10.6. The number of hydrogen-bond donors (Lipinski definition) is 0. The predicted octanol–water partition coefficient (Wildman–Crippen LogP) is 2.16. The minimum atomic E-state index is -0.488. The quantitative estimate of drug-likeness (QED) is 0.381. The van der Waals surface area contributed by atoms with Crippen LogP contribution in [0.4, 0.5) is 0 Å². The lowest BCUT2D eigenvalue weighted by atomic mass is 9.67. The minimum Gasteiger partial charge on any atom is -0.469 e. The van der Waals surface area contributed by atoms with Crippen LogP contribution in [0.25, 0.3) is 0 Å². The molecule has 0 aliphatic heterocycles. The van der Waals surface area contributed by atoms with Crippen LogP contribution in [-0.2, 0) is 9.53 Å². The zero-order valence-electron chi connectivity index (χ0n) is 8.75. The fourth-order valence-corrected chi connectivity index (χ4v) is 2.01. The second-order valence-corrected chi connectivity index (χ2v) is 3.84. The van der Waals surface area contributed by atoms with Gasteiger partial charge in [-0.3, -0.25) is 4.79 Å². The van der Waals surface area contributed by atoms with Crippen LogP contribution in [0.15, 0.2) is 12.2 Å². The Bertz CT molecular complexity index is 285. The molecule has 0 N–H and O–H groups in total. The fraction of sp³-hybridized carbons (Fsp3) is 0.583. The highest BCUT2D eigenvalue weighted by molar-refractivity contribution is 5.78. The summed E-state index contributed by atoms with van der Waals surface area (Å²) in [5.41, 5.74) is -0.488. The monoisotopic (exact) mass is 192 g/mol. The van der Waals surface area contributed by atoms with E-state index in [1.807, 2.05) is 6.08 Å². The second-order valence-electron chi connectivity index (χ2n) is 3.84. The lowest BCUT2D eigenvalue weighted by Crippen LogP contribution is -2.39. The number of terminal acetylenes is 1. The Morgan fingerprint density at radius 1 is 1.71 bits per heavy atom. The third-order valence-electron chi connectivity index (χ3n) is 3.09. The minimum absolute atomic E-state index is 0.174. The summed E-state index contributed by atoms with van der Waals surface area (Å²) in [6.07, 6.45) is 11.5. The van der Waals surface area contributed by atoms with Crippen LogP contribution >= 0.6 is 0 Å². The Kier molecular flexibility index (Phi) is 3.35. The molecule has 0 radical (unpaired) electrons. The second kappa shape index (κ2) is 4.32. The maximum Gasteiger partial charge on any atom is 0.313 e. The van der Waals surface area contributed by atoms with Gasteiger partial charge in [-0.25, -0.2) is 0 Å². The summed E-state index contributed by atoms with van der Waals surface area (Å²) < 4.78 is 4.85. The normalized spacial score (nSPS) is 30.8. The number of ether oxygens (including phenoxy) is 1. The molecule has 1 rings (SSSR count). The van der Waals surface area contributed by atoms with E-state index in [4.69, 9.17) is 11.2 Å². The summed E-state index contributed by atoms with van der Waals surface area (Å²) in [5, 5.41) is 0. The van der Waals surface area contributed by atoms with Gasteiger partial charge in [-0.1, -0.05) is 19.1 Å². The molecule has 0 heterocycles. The van der Waals surface area contributed by atoms with Gasteiger partial charge in [-0.2, -0.15) is 0 Å². The molecule has 0 unspecified atom stereocenters. The Labute approximate surface area is 85.3 Å². The third-order valence-corrected chi connectivity index (χ3v) is 3.09. The Hall–Kier alpha value is -1.23. The summed E-state index contributed by atoms with van der Waals surface area (Å²) in [6.45, 7) is 2.05. The van der Waals surface area contributed by atoms with Gasteiger partial charge in [-0.15, -0.1) is 12.3 Å². The highest BCUT2D eigenvalue weighted by atomic mass is 16.5. The molecule has 1 aliphatic carbocycles. The van der Waals surface area contributed by atoms with Crippen molar-refractivity contribution in [3.05, 3.63) is 12.2 Å². The summed E-state index contributed by atoms with van der Waals surface area (Å²) in [4.78, 5) is 11.7. The van der Waals surface area contributed by atoms with E-state index in [1.165, 1.54) is 7.11 Å². The average molecular weight is 192 g/mol. The number of hydrogen-bond acceptors (Lipinski definition) is 2. The van der Waals surface area contributed by atoms with E-state index < -0.39 is 5.41 Å². The molecular weight excluding hydrogens is 176 g/mol. The molecule has 2 nitrogen and oxygen atoms in total. The predicted molar refractivity (Wildman–Crippen MR) is 55.4 cm³/mol. The molecule has 0 saturated carbocycles. The summed E-state index contributed by atoms with van der Waals surface area (Å²) in [5.74, 6) is 2.68. The van der Waals surface area contributed by atoms with Crippen molar-refractivity contribution in [1.82, 2.24) is 0 Å². The van der Waals surface area contributed by atoms with E-state index in [2.05, 4.69) is 18.9 Å². The Balaban J connectivity index is 2.97. The van der Waals surface area contributed by atoms with Crippen LogP contribution in [0.3, 0.4) is 0 Å². The molecule has 0 aromatic rings. The lowest BCUT2D eigenvalue weighted by Gasteiger charge is -2.36. The molecule has 0 amide bonds. The van der Waals surface area contributed by atoms with Gasteiger partial charge >= 0.3 is 5.97 Å². The van der Waals surface area contributed by atoms with Crippen LogP contribution in [0.1, 0.15) is 26.2 Å². The first-order chi connectivity index (χ1) is 6.67. The van der Waals surface area contributed by atoms with Crippen molar-refractivity contribution in [3.8, 4) is 12.3 Å². The van der Waals surface area contributed by atoms with Crippen LogP contribution in [0.5, 0.6) is 0 Å². The van der Waals surface area contributed by atoms with Crippen molar-refractivity contribution >= 4 is 5.97 Å². The highest BCUT2D eigenvalue weighted by Gasteiger charge is 2.43. The molecule has 2 atom stereocenters. The maximum atomic E-state index is 11.7. The number of carbonyl (C=O) groups is 1. The fourth-order valence-electron chi connectivity index (χ4n) is 2.01. The number of allylic oxidation sites excluding steroid dienone is 2. The van der Waals surface area contributed by atoms with E-state index >= 15 is 0 Å². The van der Waals surface area contributed by atoms with Crippen molar-refractivity contribution in [1.29, 1.82) is 0 Å². The lowest BCUT2D eigenvalue weighted by molar-refractivity contribution is -0.156. The average Bonchev–Trinajstić information content (AvgIpc) is 2.20. The first-order valence-electron chi connectivity index (χ1n) is 4.84. The molecule has 2 heteroatoms. The van der Waals surface area contributed by atoms with E-state index in [9.17, 15) is 4.79 Å². The van der Waals surface area contributed by atoms with Crippen LogP contribution in [0.2, 0.25) is 0 Å².